The second-order valence-electron chi connectivity index (χ2n) is 7.43. The third-order valence-corrected chi connectivity index (χ3v) is 5.33. The van der Waals surface area contributed by atoms with E-state index in [2.05, 4.69) is 10.3 Å². The number of ether oxygens (including phenoxy) is 2. The molecule has 1 amide bonds. The van der Waals surface area contributed by atoms with E-state index < -0.39 is 0 Å². The average Bonchev–Trinajstić information content (AvgIpc) is 2.54. The van der Waals surface area contributed by atoms with Gasteiger partial charge in [-0.3, -0.25) is 9.36 Å². The number of carbonyl (C=O) groups excluding carboxylic acids is 1. The lowest BCUT2D eigenvalue weighted by Gasteiger charge is -2.34. The minimum absolute atomic E-state index is 0.0229. The van der Waals surface area contributed by atoms with Crippen LogP contribution in [0.4, 0.5) is 0 Å². The summed E-state index contributed by atoms with van der Waals surface area (Å²) in [6.45, 7) is 5.90. The first-order valence-corrected chi connectivity index (χ1v) is 9.56. The fourth-order valence-electron chi connectivity index (χ4n) is 3.50. The predicted octanol–water partition coefficient (Wildman–Crippen LogP) is 1.34. The molecule has 0 bridgehead atoms. The largest absolute Gasteiger partial charge is 0.379 e. The van der Waals surface area contributed by atoms with Gasteiger partial charge in [0.05, 0.1) is 12.6 Å². The number of amides is 1. The van der Waals surface area contributed by atoms with Crippen LogP contribution < -0.4 is 11.0 Å². The highest BCUT2D eigenvalue weighted by atomic mass is 16.5. The summed E-state index contributed by atoms with van der Waals surface area (Å²) in [6, 6.07) is 1.83. The number of hydrogen-bond acceptors (Lipinski definition) is 5. The SMILES string of the molecule is Cc1cc(C)n(CCC(=O)N[C@@H]2CCOC[C@H]2OCC2CCC2)c(=O)n1. The summed E-state index contributed by atoms with van der Waals surface area (Å²) in [5.41, 5.74) is 1.22. The van der Waals surface area contributed by atoms with E-state index in [-0.39, 0.29) is 30.2 Å². The van der Waals surface area contributed by atoms with Crippen molar-refractivity contribution in [3.8, 4) is 0 Å². The molecule has 2 aliphatic rings. The number of nitrogens with one attached hydrogen (secondary N) is 1. The number of nitrogens with zero attached hydrogens (tertiary/aromatic N) is 2. The van der Waals surface area contributed by atoms with Crippen molar-refractivity contribution in [1.82, 2.24) is 14.9 Å². The fraction of sp³-hybridized carbons (Fsp3) is 0.737. The molecular formula is C19H29N3O4. The van der Waals surface area contributed by atoms with Crippen LogP contribution >= 0.6 is 0 Å². The first-order valence-electron chi connectivity index (χ1n) is 9.56. The molecule has 7 heteroatoms. The molecule has 0 aromatic carbocycles. The number of aromatic nitrogens is 2. The molecule has 0 radical (unpaired) electrons. The van der Waals surface area contributed by atoms with E-state index in [1.54, 1.807) is 11.5 Å². The van der Waals surface area contributed by atoms with Crippen molar-refractivity contribution < 1.29 is 14.3 Å². The van der Waals surface area contributed by atoms with Gasteiger partial charge in [-0.15, -0.1) is 0 Å². The second kappa shape index (κ2) is 8.77. The summed E-state index contributed by atoms with van der Waals surface area (Å²) < 4.78 is 13.1. The van der Waals surface area contributed by atoms with Gasteiger partial charge in [0.1, 0.15) is 6.10 Å². The van der Waals surface area contributed by atoms with Gasteiger partial charge in [0.25, 0.3) is 0 Å². The number of rotatable bonds is 7. The second-order valence-corrected chi connectivity index (χ2v) is 7.43. The van der Waals surface area contributed by atoms with E-state index in [0.29, 0.717) is 31.4 Å². The van der Waals surface area contributed by atoms with Crippen molar-refractivity contribution in [2.75, 3.05) is 19.8 Å². The predicted molar refractivity (Wildman–Crippen MR) is 97.0 cm³/mol. The number of hydrogen-bond donors (Lipinski definition) is 1. The first kappa shape index (κ1) is 19.0. The van der Waals surface area contributed by atoms with Crippen molar-refractivity contribution >= 4 is 5.91 Å². The summed E-state index contributed by atoms with van der Waals surface area (Å²) in [5.74, 6) is 0.596. The fourth-order valence-corrected chi connectivity index (χ4v) is 3.50. The maximum absolute atomic E-state index is 12.4. The summed E-state index contributed by atoms with van der Waals surface area (Å²) in [7, 11) is 0. The van der Waals surface area contributed by atoms with Gasteiger partial charge in [-0.1, -0.05) is 6.42 Å². The Morgan fingerprint density at radius 1 is 1.38 bits per heavy atom. The smallest absolute Gasteiger partial charge is 0.347 e. The lowest BCUT2D eigenvalue weighted by Crippen LogP contribution is -2.50. The van der Waals surface area contributed by atoms with Crippen molar-refractivity contribution in [1.29, 1.82) is 0 Å². The van der Waals surface area contributed by atoms with Crippen molar-refractivity contribution in [3.63, 3.8) is 0 Å². The molecule has 1 aliphatic heterocycles. The van der Waals surface area contributed by atoms with Gasteiger partial charge in [0.2, 0.25) is 5.91 Å². The van der Waals surface area contributed by atoms with Crippen LogP contribution in [0.15, 0.2) is 10.9 Å². The standard InChI is InChI=1S/C19H29N3O4/c1-13-10-14(2)22(19(24)20-13)8-6-18(23)21-16-7-9-25-12-17(16)26-11-15-4-3-5-15/h10,15-17H,3-9,11-12H2,1-2H3,(H,21,23)/t16-,17-/m1/s1. The first-order chi connectivity index (χ1) is 12.5. The van der Waals surface area contributed by atoms with Crippen LogP contribution in [-0.4, -0.2) is 47.4 Å². The van der Waals surface area contributed by atoms with Crippen molar-refractivity contribution in [2.45, 2.75) is 64.6 Å². The quantitative estimate of drug-likeness (QED) is 0.790. The molecule has 1 saturated carbocycles. The van der Waals surface area contributed by atoms with E-state index in [1.165, 1.54) is 19.3 Å². The number of aryl methyl sites for hydroxylation is 2. The van der Waals surface area contributed by atoms with Crippen LogP contribution in [0.5, 0.6) is 0 Å². The van der Waals surface area contributed by atoms with Crippen LogP contribution in [0.2, 0.25) is 0 Å². The molecule has 3 rings (SSSR count). The Morgan fingerprint density at radius 2 is 2.19 bits per heavy atom. The minimum atomic E-state index is -0.303. The maximum atomic E-state index is 12.4. The van der Waals surface area contributed by atoms with Gasteiger partial charge in [-0.25, -0.2) is 4.79 Å². The maximum Gasteiger partial charge on any atom is 0.347 e. The molecule has 2 heterocycles. The van der Waals surface area contributed by atoms with Crippen LogP contribution in [0.25, 0.3) is 0 Å². The third-order valence-electron chi connectivity index (χ3n) is 5.33. The van der Waals surface area contributed by atoms with E-state index >= 15 is 0 Å². The molecule has 26 heavy (non-hydrogen) atoms. The van der Waals surface area contributed by atoms with Crippen LogP contribution in [0.1, 0.15) is 43.5 Å². The van der Waals surface area contributed by atoms with Crippen LogP contribution in [0.3, 0.4) is 0 Å². The molecule has 2 fully saturated rings. The van der Waals surface area contributed by atoms with Gasteiger partial charge in [-0.2, -0.15) is 4.98 Å². The molecule has 1 aromatic heterocycles. The Labute approximate surface area is 154 Å². The molecular weight excluding hydrogens is 334 g/mol. The molecule has 7 nitrogen and oxygen atoms in total. The number of carbonyl (C=O) groups is 1. The molecule has 144 valence electrons. The topological polar surface area (TPSA) is 82.5 Å². The van der Waals surface area contributed by atoms with Gasteiger partial charge >= 0.3 is 5.69 Å². The Kier molecular flexibility index (Phi) is 6.43. The van der Waals surface area contributed by atoms with Gasteiger partial charge in [0, 0.05) is 37.6 Å². The van der Waals surface area contributed by atoms with Crippen molar-refractivity contribution in [2.24, 2.45) is 5.92 Å². The van der Waals surface area contributed by atoms with Crippen LogP contribution in [-0.2, 0) is 20.8 Å². The van der Waals surface area contributed by atoms with E-state index in [0.717, 1.165) is 18.7 Å². The highest BCUT2D eigenvalue weighted by Crippen LogP contribution is 2.27. The van der Waals surface area contributed by atoms with Gasteiger partial charge < -0.3 is 14.8 Å². The summed E-state index contributed by atoms with van der Waals surface area (Å²) in [4.78, 5) is 28.3. The van der Waals surface area contributed by atoms with E-state index in [4.69, 9.17) is 9.47 Å². The molecule has 1 aliphatic carbocycles. The van der Waals surface area contributed by atoms with Gasteiger partial charge in [0.15, 0.2) is 0 Å². The van der Waals surface area contributed by atoms with Crippen LogP contribution in [0, 0.1) is 19.8 Å². The molecule has 1 N–H and O–H groups in total. The van der Waals surface area contributed by atoms with Crippen molar-refractivity contribution in [3.05, 3.63) is 27.9 Å². The summed E-state index contributed by atoms with van der Waals surface area (Å²) in [5, 5.41) is 3.07. The third kappa shape index (κ3) is 4.92. The molecule has 1 aromatic rings. The Hall–Kier alpha value is -1.73. The Morgan fingerprint density at radius 3 is 2.88 bits per heavy atom. The molecule has 0 unspecified atom stereocenters. The average molecular weight is 363 g/mol. The Balaban J connectivity index is 1.50. The Bertz CT molecular complexity index is 684. The normalized spacial score (nSPS) is 23.5. The zero-order valence-corrected chi connectivity index (χ0v) is 15.7. The zero-order valence-electron chi connectivity index (χ0n) is 15.7. The molecule has 0 spiro atoms. The van der Waals surface area contributed by atoms with Gasteiger partial charge in [-0.05, 0) is 45.1 Å². The molecule has 1 saturated heterocycles. The van der Waals surface area contributed by atoms with E-state index in [1.807, 2.05) is 13.0 Å². The lowest BCUT2D eigenvalue weighted by molar-refractivity contribution is -0.127. The molecule has 2 atom stereocenters. The summed E-state index contributed by atoms with van der Waals surface area (Å²) >= 11 is 0. The highest BCUT2D eigenvalue weighted by molar-refractivity contribution is 5.76. The monoisotopic (exact) mass is 363 g/mol. The zero-order chi connectivity index (χ0) is 18.5. The summed E-state index contributed by atoms with van der Waals surface area (Å²) in [6.07, 6.45) is 4.69. The highest BCUT2D eigenvalue weighted by Gasteiger charge is 2.29. The lowest BCUT2D eigenvalue weighted by atomic mass is 9.86. The van der Waals surface area contributed by atoms with E-state index in [9.17, 15) is 9.59 Å². The minimum Gasteiger partial charge on any atom is -0.379 e.